The van der Waals surface area contributed by atoms with E-state index in [0.29, 0.717) is 6.42 Å². The molecule has 0 spiro atoms. The third-order valence-electron chi connectivity index (χ3n) is 17.0. The molecular formula is C70H135NO8. The lowest BCUT2D eigenvalue weighted by Gasteiger charge is -2.40. The minimum Gasteiger partial charge on any atom is -0.394 e. The number of allylic oxidation sites excluding steroid dienone is 3. The van der Waals surface area contributed by atoms with Crippen LogP contribution in [0, 0.1) is 0 Å². The molecular weight excluding hydrogens is 983 g/mol. The Morgan fingerprint density at radius 3 is 1.06 bits per heavy atom. The largest absolute Gasteiger partial charge is 0.394 e. The molecule has 79 heavy (non-hydrogen) atoms. The van der Waals surface area contributed by atoms with Crippen LogP contribution in [0.2, 0.25) is 0 Å². The van der Waals surface area contributed by atoms with Crippen LogP contribution in [0.1, 0.15) is 361 Å². The maximum absolute atomic E-state index is 13.1. The molecule has 1 heterocycles. The van der Waals surface area contributed by atoms with Gasteiger partial charge < -0.3 is 40.3 Å². The van der Waals surface area contributed by atoms with Crippen LogP contribution in [0.5, 0.6) is 0 Å². The maximum Gasteiger partial charge on any atom is 0.220 e. The van der Waals surface area contributed by atoms with Crippen molar-refractivity contribution in [3.05, 3.63) is 24.3 Å². The van der Waals surface area contributed by atoms with Crippen molar-refractivity contribution in [1.29, 1.82) is 0 Å². The van der Waals surface area contributed by atoms with E-state index in [1.807, 2.05) is 6.08 Å². The fraction of sp³-hybridized carbons (Fsp3) is 0.929. The maximum atomic E-state index is 13.1. The van der Waals surface area contributed by atoms with Gasteiger partial charge in [-0.1, -0.05) is 346 Å². The van der Waals surface area contributed by atoms with Crippen LogP contribution in [-0.4, -0.2) is 87.5 Å². The highest BCUT2D eigenvalue weighted by Gasteiger charge is 2.44. The molecule has 1 saturated heterocycles. The van der Waals surface area contributed by atoms with Crippen LogP contribution in [-0.2, 0) is 14.3 Å². The molecule has 0 saturated carbocycles. The molecule has 1 aliphatic rings. The van der Waals surface area contributed by atoms with E-state index in [0.717, 1.165) is 38.5 Å². The average molecular weight is 1120 g/mol. The van der Waals surface area contributed by atoms with Crippen molar-refractivity contribution < 1.29 is 39.8 Å². The molecule has 7 atom stereocenters. The zero-order valence-electron chi connectivity index (χ0n) is 52.4. The molecule has 0 radical (unpaired) electrons. The first-order chi connectivity index (χ1) is 38.8. The van der Waals surface area contributed by atoms with Crippen molar-refractivity contribution in [3.8, 4) is 0 Å². The molecule has 9 nitrogen and oxygen atoms in total. The van der Waals surface area contributed by atoms with E-state index in [9.17, 15) is 30.3 Å². The second-order valence-electron chi connectivity index (χ2n) is 24.7. The van der Waals surface area contributed by atoms with E-state index >= 15 is 0 Å². The number of carbonyl (C=O) groups is 1. The molecule has 1 aliphatic heterocycles. The van der Waals surface area contributed by atoms with Crippen molar-refractivity contribution in [2.75, 3.05) is 13.2 Å². The van der Waals surface area contributed by atoms with Gasteiger partial charge in [-0.25, -0.2) is 0 Å². The molecule has 0 aliphatic carbocycles. The average Bonchev–Trinajstić information content (AvgIpc) is 3.47. The molecule has 1 amide bonds. The van der Waals surface area contributed by atoms with E-state index in [1.165, 1.54) is 302 Å². The highest BCUT2D eigenvalue weighted by molar-refractivity contribution is 5.76. The molecule has 1 rings (SSSR count). The number of unbranched alkanes of at least 4 members (excludes halogenated alkanes) is 50. The summed E-state index contributed by atoms with van der Waals surface area (Å²) in [6.07, 6.45) is 71.5. The van der Waals surface area contributed by atoms with E-state index in [-0.39, 0.29) is 12.5 Å². The van der Waals surface area contributed by atoms with Gasteiger partial charge >= 0.3 is 0 Å². The Bertz CT molecular complexity index is 1300. The van der Waals surface area contributed by atoms with Crippen molar-refractivity contribution in [2.45, 2.75) is 403 Å². The quantitative estimate of drug-likeness (QED) is 0.0261. The second-order valence-corrected chi connectivity index (χ2v) is 24.7. The number of hydrogen-bond donors (Lipinski definition) is 6. The molecule has 1 fully saturated rings. The lowest BCUT2D eigenvalue weighted by atomic mass is 9.99. The van der Waals surface area contributed by atoms with Crippen LogP contribution in [0.25, 0.3) is 0 Å². The van der Waals surface area contributed by atoms with Crippen LogP contribution in [0.15, 0.2) is 24.3 Å². The Hall–Kier alpha value is -1.33. The Kier molecular flexibility index (Phi) is 57.3. The number of aliphatic hydroxyl groups excluding tert-OH is 5. The summed E-state index contributed by atoms with van der Waals surface area (Å²) in [4.78, 5) is 13.1. The standard InChI is InChI=1S/C70H135NO8/c1-3-5-7-9-11-13-15-17-19-21-23-25-27-29-30-31-32-33-34-36-37-39-41-43-45-47-49-51-53-55-57-59-64(73)63(62-78-70-69(77)68(76)67(75)65(61-72)79-70)71-66(74)60-58-56-54-52-50-48-46-44-42-40-38-35-28-26-24-22-20-18-16-14-12-10-8-6-4-2/h49,51,57,59,63-65,67-70,72-73,75-77H,3-48,50,52-56,58,60-62H2,1-2H3,(H,71,74)/b51-49+,59-57+. The fourth-order valence-electron chi connectivity index (χ4n) is 11.5. The van der Waals surface area contributed by atoms with Crippen molar-refractivity contribution in [1.82, 2.24) is 5.32 Å². The van der Waals surface area contributed by atoms with Crippen LogP contribution < -0.4 is 5.32 Å². The summed E-state index contributed by atoms with van der Waals surface area (Å²) in [7, 11) is 0. The number of aliphatic hydroxyl groups is 5. The van der Waals surface area contributed by atoms with E-state index in [2.05, 4.69) is 31.3 Å². The molecule has 0 aromatic carbocycles. The number of rotatable bonds is 62. The van der Waals surface area contributed by atoms with Crippen LogP contribution in [0.4, 0.5) is 0 Å². The topological polar surface area (TPSA) is 149 Å². The monoisotopic (exact) mass is 1120 g/mol. The third-order valence-corrected chi connectivity index (χ3v) is 17.0. The zero-order chi connectivity index (χ0) is 57.2. The lowest BCUT2D eigenvalue weighted by molar-refractivity contribution is -0.302. The van der Waals surface area contributed by atoms with Gasteiger partial charge in [0.25, 0.3) is 0 Å². The van der Waals surface area contributed by atoms with Gasteiger partial charge in [0.05, 0.1) is 25.4 Å². The highest BCUT2D eigenvalue weighted by Crippen LogP contribution is 2.23. The van der Waals surface area contributed by atoms with E-state index < -0.39 is 49.5 Å². The van der Waals surface area contributed by atoms with E-state index in [1.54, 1.807) is 6.08 Å². The molecule has 0 aromatic heterocycles. The summed E-state index contributed by atoms with van der Waals surface area (Å²) in [6, 6.07) is -0.820. The van der Waals surface area contributed by atoms with Gasteiger partial charge in [-0.05, 0) is 32.1 Å². The second kappa shape index (κ2) is 59.8. The summed E-state index contributed by atoms with van der Waals surface area (Å²) < 4.78 is 11.3. The van der Waals surface area contributed by atoms with Crippen molar-refractivity contribution in [2.24, 2.45) is 0 Å². The van der Waals surface area contributed by atoms with Gasteiger partial charge in [-0.3, -0.25) is 4.79 Å². The molecule has 9 heteroatoms. The van der Waals surface area contributed by atoms with E-state index in [4.69, 9.17) is 9.47 Å². The molecule has 468 valence electrons. The third kappa shape index (κ3) is 48.7. The predicted molar refractivity (Wildman–Crippen MR) is 337 cm³/mol. The number of ether oxygens (including phenoxy) is 2. The minimum atomic E-state index is -1.57. The Labute approximate surface area is 489 Å². The SMILES string of the molecule is CCCCCCCCCCCCCCCCCCCCCCCCCCC/C=C/CC/C=C/C(O)C(COC1OC(CO)C(O)C(O)C1O)NC(=O)CCCCCCCCCCCCCCCCCCCCCCCCCCC. The number of nitrogens with one attached hydrogen (secondary N) is 1. The van der Waals surface area contributed by atoms with Crippen molar-refractivity contribution in [3.63, 3.8) is 0 Å². The Balaban J connectivity index is 2.14. The van der Waals surface area contributed by atoms with Gasteiger partial charge in [0.2, 0.25) is 5.91 Å². The van der Waals surface area contributed by atoms with Crippen LogP contribution in [0.3, 0.4) is 0 Å². The van der Waals surface area contributed by atoms with Gasteiger partial charge in [0.15, 0.2) is 6.29 Å². The van der Waals surface area contributed by atoms with Crippen molar-refractivity contribution >= 4 is 5.91 Å². The molecule has 0 bridgehead atoms. The normalized spacial score (nSPS) is 18.6. The first kappa shape index (κ1) is 75.7. The first-order valence-electron chi connectivity index (χ1n) is 35.1. The Morgan fingerprint density at radius 2 is 0.722 bits per heavy atom. The smallest absolute Gasteiger partial charge is 0.220 e. The minimum absolute atomic E-state index is 0.178. The summed E-state index contributed by atoms with van der Waals surface area (Å²) in [6.45, 7) is 3.83. The summed E-state index contributed by atoms with van der Waals surface area (Å²) in [5, 5.41) is 54.7. The fourth-order valence-corrected chi connectivity index (χ4v) is 11.5. The summed E-state index contributed by atoms with van der Waals surface area (Å²) >= 11 is 0. The highest BCUT2D eigenvalue weighted by atomic mass is 16.7. The van der Waals surface area contributed by atoms with Crippen LogP contribution >= 0.6 is 0 Å². The Morgan fingerprint density at radius 1 is 0.418 bits per heavy atom. The first-order valence-corrected chi connectivity index (χ1v) is 35.1. The van der Waals surface area contributed by atoms with Gasteiger partial charge in [-0.2, -0.15) is 0 Å². The lowest BCUT2D eigenvalue weighted by Crippen LogP contribution is -2.60. The number of carbonyl (C=O) groups excluding carboxylic acids is 1. The van der Waals surface area contributed by atoms with Gasteiger partial charge in [0, 0.05) is 6.42 Å². The van der Waals surface area contributed by atoms with Gasteiger partial charge in [-0.15, -0.1) is 0 Å². The molecule has 6 N–H and O–H groups in total. The molecule has 0 aromatic rings. The summed E-state index contributed by atoms with van der Waals surface area (Å²) in [5.41, 5.74) is 0. The molecule has 7 unspecified atom stereocenters. The summed E-state index contributed by atoms with van der Waals surface area (Å²) in [5.74, 6) is -0.178. The van der Waals surface area contributed by atoms with Gasteiger partial charge in [0.1, 0.15) is 24.4 Å². The zero-order valence-corrected chi connectivity index (χ0v) is 52.4. The number of amides is 1. The number of hydrogen-bond acceptors (Lipinski definition) is 8. The predicted octanol–water partition coefficient (Wildman–Crippen LogP) is 18.9.